The Morgan fingerprint density at radius 3 is 3.08 bits per heavy atom. The zero-order valence-electron chi connectivity index (χ0n) is 6.14. The van der Waals surface area contributed by atoms with Crippen LogP contribution >= 0.6 is 11.5 Å². The summed E-state index contributed by atoms with van der Waals surface area (Å²) in [4.78, 5) is 5.05. The van der Waals surface area contributed by atoms with E-state index in [2.05, 4.69) is 19.6 Å². The van der Waals surface area contributed by atoms with Crippen molar-refractivity contribution in [2.75, 3.05) is 0 Å². The largest absolute Gasteiger partial charge is 0.260 e. The zero-order chi connectivity index (χ0) is 8.23. The van der Waals surface area contributed by atoms with Crippen LogP contribution < -0.4 is 0 Å². The van der Waals surface area contributed by atoms with Gasteiger partial charge < -0.3 is 0 Å². The Kier molecular flexibility index (Phi) is 1.96. The first kappa shape index (κ1) is 7.17. The third-order valence-electron chi connectivity index (χ3n) is 1.30. The van der Waals surface area contributed by atoms with E-state index < -0.39 is 0 Å². The average molecular weight is 178 g/mol. The molecule has 2 aromatic heterocycles. The normalized spacial score (nSPS) is 11.0. The van der Waals surface area contributed by atoms with E-state index >= 15 is 0 Å². The minimum atomic E-state index is 0.753. The Morgan fingerprint density at radius 1 is 1.42 bits per heavy atom. The molecule has 2 aromatic rings. The van der Waals surface area contributed by atoms with E-state index in [0.717, 1.165) is 10.7 Å². The Hall–Kier alpha value is -1.49. The maximum atomic E-state index is 3.97. The van der Waals surface area contributed by atoms with Crippen LogP contribution in [0.3, 0.4) is 0 Å². The summed E-state index contributed by atoms with van der Waals surface area (Å²) in [5.74, 6) is 0.753. The van der Waals surface area contributed by atoms with E-state index in [4.69, 9.17) is 0 Å². The minimum absolute atomic E-state index is 0.753. The van der Waals surface area contributed by atoms with E-state index in [0.29, 0.717) is 0 Å². The highest BCUT2D eigenvalue weighted by atomic mass is 32.1. The summed E-state index contributed by atoms with van der Waals surface area (Å²) < 4.78 is 3.97. The first-order valence-electron chi connectivity index (χ1n) is 3.39. The fourth-order valence-corrected chi connectivity index (χ4v) is 1.26. The quantitative estimate of drug-likeness (QED) is 0.756. The summed E-state index contributed by atoms with van der Waals surface area (Å²) in [5.41, 5.74) is 0. The predicted octanol–water partition coefficient (Wildman–Crippen LogP) is 1.43. The Morgan fingerprint density at radius 2 is 2.42 bits per heavy atom. The van der Waals surface area contributed by atoms with Crippen molar-refractivity contribution in [1.29, 1.82) is 0 Å². The molecular weight excluding hydrogens is 172 g/mol. The lowest BCUT2D eigenvalue weighted by Gasteiger charge is -1.80. The molecule has 0 unspecified atom stereocenters. The molecule has 4 nitrogen and oxygen atoms in total. The third-order valence-corrected chi connectivity index (χ3v) is 2.01. The van der Waals surface area contributed by atoms with Gasteiger partial charge in [0.2, 0.25) is 0 Å². The van der Waals surface area contributed by atoms with Gasteiger partial charge in [0, 0.05) is 11.1 Å². The van der Waals surface area contributed by atoms with Crippen molar-refractivity contribution < 1.29 is 0 Å². The van der Waals surface area contributed by atoms with Gasteiger partial charge in [0.25, 0.3) is 0 Å². The van der Waals surface area contributed by atoms with Gasteiger partial charge >= 0.3 is 0 Å². The summed E-state index contributed by atoms with van der Waals surface area (Å²) in [7, 11) is 0. The minimum Gasteiger partial charge on any atom is -0.260 e. The number of rotatable bonds is 2. The number of aromatic nitrogens is 4. The number of nitrogens with one attached hydrogen (secondary N) is 1. The molecule has 1 N–H and O–H groups in total. The van der Waals surface area contributed by atoms with Crippen LogP contribution in [0.25, 0.3) is 12.2 Å². The van der Waals surface area contributed by atoms with Gasteiger partial charge in [-0.3, -0.25) is 5.10 Å². The molecule has 0 saturated heterocycles. The van der Waals surface area contributed by atoms with E-state index in [1.165, 1.54) is 17.9 Å². The molecule has 0 atom stereocenters. The summed E-state index contributed by atoms with van der Waals surface area (Å²) in [6.45, 7) is 0. The van der Waals surface area contributed by atoms with Crippen molar-refractivity contribution in [3.05, 3.63) is 29.3 Å². The van der Waals surface area contributed by atoms with Crippen LogP contribution in [-0.4, -0.2) is 19.6 Å². The van der Waals surface area contributed by atoms with Crippen molar-refractivity contribution in [2.45, 2.75) is 0 Å². The molecule has 0 aliphatic carbocycles. The number of aromatic amines is 1. The first-order chi connectivity index (χ1) is 5.95. The molecule has 0 aliphatic rings. The monoisotopic (exact) mass is 178 g/mol. The fraction of sp³-hybridized carbons (Fsp3) is 0. The lowest BCUT2D eigenvalue weighted by molar-refractivity contribution is 1.08. The molecule has 5 heteroatoms. The van der Waals surface area contributed by atoms with Crippen LogP contribution in [0.5, 0.6) is 0 Å². The molecule has 60 valence electrons. The summed E-state index contributed by atoms with van der Waals surface area (Å²) >= 11 is 1.45. The van der Waals surface area contributed by atoms with Gasteiger partial charge in [0.05, 0.1) is 0 Å². The molecule has 0 aliphatic heterocycles. The SMILES string of the molecule is C(=C\c1ccns1)/c1ncn[nH]1. The highest BCUT2D eigenvalue weighted by molar-refractivity contribution is 7.06. The topological polar surface area (TPSA) is 54.5 Å². The third kappa shape index (κ3) is 1.57. The number of H-pyrrole nitrogens is 1. The molecule has 0 saturated carbocycles. The lowest BCUT2D eigenvalue weighted by atomic mass is 10.4. The van der Waals surface area contributed by atoms with Crippen LogP contribution in [-0.2, 0) is 0 Å². The predicted molar refractivity (Wildman–Crippen MR) is 47.4 cm³/mol. The van der Waals surface area contributed by atoms with Gasteiger partial charge in [0.1, 0.15) is 12.2 Å². The highest BCUT2D eigenvalue weighted by Crippen LogP contribution is 2.07. The van der Waals surface area contributed by atoms with E-state index in [1.807, 2.05) is 18.2 Å². The molecule has 0 aromatic carbocycles. The smallest absolute Gasteiger partial charge is 0.148 e. The van der Waals surface area contributed by atoms with Gasteiger partial charge in [-0.1, -0.05) is 0 Å². The second-order valence-corrected chi connectivity index (χ2v) is 2.98. The van der Waals surface area contributed by atoms with Gasteiger partial charge in [-0.05, 0) is 29.8 Å². The molecular formula is C7H6N4S. The molecule has 2 rings (SSSR count). The number of hydrogen-bond donors (Lipinski definition) is 1. The lowest BCUT2D eigenvalue weighted by Crippen LogP contribution is -1.72. The van der Waals surface area contributed by atoms with Crippen molar-refractivity contribution >= 4 is 23.7 Å². The van der Waals surface area contributed by atoms with Crippen molar-refractivity contribution in [1.82, 2.24) is 19.6 Å². The van der Waals surface area contributed by atoms with E-state index in [1.54, 1.807) is 6.20 Å². The average Bonchev–Trinajstić information content (AvgIpc) is 2.74. The van der Waals surface area contributed by atoms with Gasteiger partial charge in [-0.2, -0.15) is 5.10 Å². The maximum absolute atomic E-state index is 3.97. The van der Waals surface area contributed by atoms with Crippen molar-refractivity contribution in [3.63, 3.8) is 0 Å². The van der Waals surface area contributed by atoms with Gasteiger partial charge in [-0.25, -0.2) is 9.36 Å². The van der Waals surface area contributed by atoms with Crippen LogP contribution in [0, 0.1) is 0 Å². The zero-order valence-corrected chi connectivity index (χ0v) is 6.95. The highest BCUT2D eigenvalue weighted by Gasteiger charge is 1.89. The van der Waals surface area contributed by atoms with Gasteiger partial charge in [0.15, 0.2) is 0 Å². The Labute approximate surface area is 73.1 Å². The molecule has 0 fully saturated rings. The number of nitrogens with zero attached hydrogens (tertiary/aromatic N) is 3. The van der Waals surface area contributed by atoms with Crippen LogP contribution in [0.1, 0.15) is 10.7 Å². The van der Waals surface area contributed by atoms with Crippen LogP contribution in [0.15, 0.2) is 18.6 Å². The summed E-state index contributed by atoms with van der Waals surface area (Å²) in [6.07, 6.45) is 7.05. The second kappa shape index (κ2) is 3.27. The summed E-state index contributed by atoms with van der Waals surface area (Å²) in [5, 5.41) is 6.46. The molecule has 0 spiro atoms. The summed E-state index contributed by atoms with van der Waals surface area (Å²) in [6, 6.07) is 1.94. The van der Waals surface area contributed by atoms with Gasteiger partial charge in [-0.15, -0.1) is 0 Å². The van der Waals surface area contributed by atoms with Crippen LogP contribution in [0.4, 0.5) is 0 Å². The Bertz CT molecular complexity index is 312. The first-order valence-corrected chi connectivity index (χ1v) is 4.16. The van der Waals surface area contributed by atoms with E-state index in [9.17, 15) is 0 Å². The second-order valence-electron chi connectivity index (χ2n) is 2.12. The molecule has 0 radical (unpaired) electrons. The molecule has 12 heavy (non-hydrogen) atoms. The van der Waals surface area contributed by atoms with Crippen molar-refractivity contribution in [3.8, 4) is 0 Å². The molecule has 2 heterocycles. The standard InChI is InChI=1S/C7H6N4S/c1(6-3-4-10-12-6)2-7-8-5-9-11-7/h1-5H,(H,8,9,11)/b2-1+. The fourth-order valence-electron chi connectivity index (χ4n) is 0.768. The Balaban J connectivity index is 2.14. The molecule has 0 bridgehead atoms. The van der Waals surface area contributed by atoms with E-state index in [-0.39, 0.29) is 0 Å². The van der Waals surface area contributed by atoms with Crippen LogP contribution in [0.2, 0.25) is 0 Å². The molecule has 0 amide bonds. The number of hydrogen-bond acceptors (Lipinski definition) is 4. The van der Waals surface area contributed by atoms with Crippen molar-refractivity contribution in [2.24, 2.45) is 0 Å². The maximum Gasteiger partial charge on any atom is 0.148 e.